The molecule has 0 aliphatic heterocycles. The van der Waals surface area contributed by atoms with E-state index in [9.17, 15) is 9.59 Å². The Morgan fingerprint density at radius 3 is 2.53 bits per heavy atom. The molecule has 1 aromatic carbocycles. The third-order valence-corrected chi connectivity index (χ3v) is 2.50. The van der Waals surface area contributed by atoms with E-state index in [1.165, 1.54) is 0 Å². The van der Waals surface area contributed by atoms with Crippen LogP contribution in [0.2, 0.25) is 0 Å². The highest BCUT2D eigenvalue weighted by Gasteiger charge is 2.13. The first-order valence-electron chi connectivity index (χ1n) is 5.53. The summed E-state index contributed by atoms with van der Waals surface area (Å²) in [6, 6.07) is 5.76. The number of amides is 1. The van der Waals surface area contributed by atoms with Crippen molar-refractivity contribution in [1.82, 2.24) is 0 Å². The summed E-state index contributed by atoms with van der Waals surface area (Å²) in [6.45, 7) is 5.95. The van der Waals surface area contributed by atoms with Crippen LogP contribution in [0.1, 0.15) is 37.3 Å². The zero-order valence-corrected chi connectivity index (χ0v) is 10.3. The van der Waals surface area contributed by atoms with Gasteiger partial charge >= 0.3 is 5.97 Å². The number of aliphatic carboxylic acids is 1. The number of rotatable bonds is 4. The van der Waals surface area contributed by atoms with Crippen molar-refractivity contribution in [2.24, 2.45) is 0 Å². The van der Waals surface area contributed by atoms with Crippen molar-refractivity contribution in [2.75, 3.05) is 5.32 Å². The summed E-state index contributed by atoms with van der Waals surface area (Å²) < 4.78 is 0. The standard InChI is InChI=1S/C13H17NO3/c1-8(2)10-6-4-5-9(3)13(10)14-11(15)7-12(16)17/h4-6,8H,7H2,1-3H3,(H,14,15)(H,16,17). The van der Waals surface area contributed by atoms with Crippen LogP contribution < -0.4 is 5.32 Å². The molecule has 0 atom stereocenters. The lowest BCUT2D eigenvalue weighted by molar-refractivity contribution is -0.139. The lowest BCUT2D eigenvalue weighted by Gasteiger charge is -2.15. The van der Waals surface area contributed by atoms with Crippen molar-refractivity contribution in [1.29, 1.82) is 0 Å². The second kappa shape index (κ2) is 5.48. The molecule has 0 aliphatic carbocycles. The smallest absolute Gasteiger partial charge is 0.312 e. The van der Waals surface area contributed by atoms with Crippen LogP contribution in [0.4, 0.5) is 5.69 Å². The normalized spacial score (nSPS) is 10.4. The average molecular weight is 235 g/mol. The summed E-state index contributed by atoms with van der Waals surface area (Å²) in [4.78, 5) is 21.9. The number of carboxylic acids is 1. The number of carbonyl (C=O) groups excluding carboxylic acids is 1. The Hall–Kier alpha value is -1.84. The van der Waals surface area contributed by atoms with Gasteiger partial charge < -0.3 is 10.4 Å². The molecule has 2 N–H and O–H groups in total. The molecule has 0 radical (unpaired) electrons. The SMILES string of the molecule is Cc1cccc(C(C)C)c1NC(=O)CC(=O)O. The van der Waals surface area contributed by atoms with E-state index in [0.29, 0.717) is 0 Å². The van der Waals surface area contributed by atoms with E-state index in [1.807, 2.05) is 39.0 Å². The molecule has 4 nitrogen and oxygen atoms in total. The average Bonchev–Trinajstić information content (AvgIpc) is 2.19. The Morgan fingerprint density at radius 1 is 1.35 bits per heavy atom. The lowest BCUT2D eigenvalue weighted by atomic mass is 9.98. The fraction of sp³-hybridized carbons (Fsp3) is 0.385. The van der Waals surface area contributed by atoms with Crippen LogP contribution in [-0.2, 0) is 9.59 Å². The van der Waals surface area contributed by atoms with Crippen LogP contribution in [0.3, 0.4) is 0 Å². The molecule has 1 aromatic rings. The fourth-order valence-electron chi connectivity index (χ4n) is 1.66. The van der Waals surface area contributed by atoms with E-state index in [1.54, 1.807) is 0 Å². The first-order chi connectivity index (χ1) is 7.91. The van der Waals surface area contributed by atoms with Gasteiger partial charge in [-0.1, -0.05) is 32.0 Å². The number of para-hydroxylation sites is 1. The van der Waals surface area contributed by atoms with Gasteiger partial charge in [0.15, 0.2) is 0 Å². The number of benzene rings is 1. The maximum absolute atomic E-state index is 11.5. The molecule has 0 saturated carbocycles. The molecule has 0 fully saturated rings. The molecule has 0 heterocycles. The van der Waals surface area contributed by atoms with E-state index in [2.05, 4.69) is 5.32 Å². The quantitative estimate of drug-likeness (QED) is 0.788. The molecular weight excluding hydrogens is 218 g/mol. The van der Waals surface area contributed by atoms with Crippen LogP contribution >= 0.6 is 0 Å². The molecule has 0 unspecified atom stereocenters. The van der Waals surface area contributed by atoms with Gasteiger partial charge in [-0.25, -0.2) is 0 Å². The second-order valence-corrected chi connectivity index (χ2v) is 4.31. The van der Waals surface area contributed by atoms with Crippen molar-refractivity contribution >= 4 is 17.6 Å². The summed E-state index contributed by atoms with van der Waals surface area (Å²) in [6.07, 6.45) is -0.508. The van der Waals surface area contributed by atoms with Gasteiger partial charge in [0.1, 0.15) is 6.42 Å². The predicted octanol–water partition coefficient (Wildman–Crippen LogP) is 2.53. The van der Waals surface area contributed by atoms with Gasteiger partial charge in [-0.15, -0.1) is 0 Å². The van der Waals surface area contributed by atoms with Gasteiger partial charge in [-0.05, 0) is 24.0 Å². The minimum Gasteiger partial charge on any atom is -0.481 e. The molecule has 1 rings (SSSR count). The molecular formula is C13H17NO3. The Bertz CT molecular complexity index is 438. The summed E-state index contributed by atoms with van der Waals surface area (Å²) in [5.74, 6) is -1.34. The van der Waals surface area contributed by atoms with E-state index in [0.717, 1.165) is 16.8 Å². The number of carbonyl (C=O) groups is 2. The largest absolute Gasteiger partial charge is 0.481 e. The molecule has 4 heteroatoms. The van der Waals surface area contributed by atoms with Gasteiger partial charge in [-0.3, -0.25) is 9.59 Å². The fourth-order valence-corrected chi connectivity index (χ4v) is 1.66. The van der Waals surface area contributed by atoms with Gasteiger partial charge in [0.25, 0.3) is 0 Å². The highest BCUT2D eigenvalue weighted by Crippen LogP contribution is 2.27. The number of carboxylic acid groups (broad SMARTS) is 1. The predicted molar refractivity (Wildman–Crippen MR) is 66.2 cm³/mol. The molecule has 92 valence electrons. The summed E-state index contributed by atoms with van der Waals surface area (Å²) in [5.41, 5.74) is 2.69. The zero-order chi connectivity index (χ0) is 13.0. The van der Waals surface area contributed by atoms with Crippen LogP contribution in [-0.4, -0.2) is 17.0 Å². The minimum absolute atomic E-state index is 0.273. The lowest BCUT2D eigenvalue weighted by Crippen LogP contribution is -2.17. The van der Waals surface area contributed by atoms with Crippen molar-refractivity contribution in [3.05, 3.63) is 29.3 Å². The first-order valence-corrected chi connectivity index (χ1v) is 5.53. The molecule has 1 amide bonds. The number of anilines is 1. The van der Waals surface area contributed by atoms with Gasteiger partial charge in [0, 0.05) is 5.69 Å². The van der Waals surface area contributed by atoms with E-state index in [-0.39, 0.29) is 5.92 Å². The Balaban J connectivity index is 2.96. The van der Waals surface area contributed by atoms with Crippen molar-refractivity contribution in [2.45, 2.75) is 33.1 Å². The molecule has 0 bridgehead atoms. The summed E-state index contributed by atoms with van der Waals surface area (Å²) in [5, 5.41) is 11.2. The number of hydrogen-bond donors (Lipinski definition) is 2. The van der Waals surface area contributed by atoms with Gasteiger partial charge in [0.2, 0.25) is 5.91 Å². The minimum atomic E-state index is -1.12. The highest BCUT2D eigenvalue weighted by molar-refractivity contribution is 6.02. The van der Waals surface area contributed by atoms with E-state index >= 15 is 0 Å². The topological polar surface area (TPSA) is 66.4 Å². The third-order valence-electron chi connectivity index (χ3n) is 2.50. The van der Waals surface area contributed by atoms with E-state index < -0.39 is 18.3 Å². The monoisotopic (exact) mass is 235 g/mol. The number of nitrogens with one attached hydrogen (secondary N) is 1. The van der Waals surface area contributed by atoms with Crippen LogP contribution in [0.5, 0.6) is 0 Å². The van der Waals surface area contributed by atoms with Gasteiger partial charge in [-0.2, -0.15) is 0 Å². The Kier molecular flexibility index (Phi) is 4.26. The number of hydrogen-bond acceptors (Lipinski definition) is 2. The van der Waals surface area contributed by atoms with Crippen LogP contribution in [0, 0.1) is 6.92 Å². The number of aryl methyl sites for hydroxylation is 1. The van der Waals surface area contributed by atoms with Gasteiger partial charge in [0.05, 0.1) is 0 Å². The molecule has 17 heavy (non-hydrogen) atoms. The summed E-state index contributed by atoms with van der Waals surface area (Å²) >= 11 is 0. The maximum atomic E-state index is 11.5. The zero-order valence-electron chi connectivity index (χ0n) is 10.3. The molecule has 0 aliphatic rings. The second-order valence-electron chi connectivity index (χ2n) is 4.31. The van der Waals surface area contributed by atoms with Crippen LogP contribution in [0.25, 0.3) is 0 Å². The third kappa shape index (κ3) is 3.59. The first kappa shape index (κ1) is 13.2. The van der Waals surface area contributed by atoms with Crippen molar-refractivity contribution in [3.8, 4) is 0 Å². The van der Waals surface area contributed by atoms with Crippen molar-refractivity contribution in [3.63, 3.8) is 0 Å². The maximum Gasteiger partial charge on any atom is 0.312 e. The molecule has 0 aromatic heterocycles. The highest BCUT2D eigenvalue weighted by atomic mass is 16.4. The Labute approximate surface area is 101 Å². The van der Waals surface area contributed by atoms with Crippen molar-refractivity contribution < 1.29 is 14.7 Å². The van der Waals surface area contributed by atoms with E-state index in [4.69, 9.17) is 5.11 Å². The summed E-state index contributed by atoms with van der Waals surface area (Å²) in [7, 11) is 0. The molecule has 0 saturated heterocycles. The Morgan fingerprint density at radius 2 is 2.00 bits per heavy atom. The van der Waals surface area contributed by atoms with Crippen LogP contribution in [0.15, 0.2) is 18.2 Å². The molecule has 0 spiro atoms.